The van der Waals surface area contributed by atoms with Gasteiger partial charge in [0.05, 0.1) is 31.2 Å². The smallest absolute Gasteiger partial charge is 0.222 e. The van der Waals surface area contributed by atoms with Crippen LogP contribution in [0.5, 0.6) is 0 Å². The Labute approximate surface area is 98.2 Å². The zero-order valence-corrected chi connectivity index (χ0v) is 9.76. The molecule has 0 bridgehead atoms. The van der Waals surface area contributed by atoms with E-state index in [0.29, 0.717) is 19.6 Å². The molecule has 0 aliphatic carbocycles. The van der Waals surface area contributed by atoms with E-state index in [1.807, 2.05) is 0 Å². The van der Waals surface area contributed by atoms with Crippen LogP contribution in [0.1, 0.15) is 11.3 Å². The van der Waals surface area contributed by atoms with E-state index in [4.69, 9.17) is 4.74 Å². The second kappa shape index (κ2) is 5.93. The number of rotatable bonds is 4. The first-order valence-electron chi connectivity index (χ1n) is 5.31. The fourth-order valence-corrected chi connectivity index (χ4v) is 2.08. The first-order chi connectivity index (χ1) is 7.84. The average Bonchev–Trinajstić information content (AvgIpc) is 2.81. The van der Waals surface area contributed by atoms with E-state index in [0.717, 1.165) is 18.0 Å². The molecule has 2 rings (SSSR count). The first-order valence-corrected chi connectivity index (χ1v) is 6.19. The van der Waals surface area contributed by atoms with E-state index in [1.165, 1.54) is 0 Å². The van der Waals surface area contributed by atoms with Crippen molar-refractivity contribution in [1.82, 2.24) is 15.6 Å². The number of hydrogen-bond acceptors (Lipinski definition) is 5. The minimum absolute atomic E-state index is 0.00945. The van der Waals surface area contributed by atoms with Crippen molar-refractivity contribution in [2.75, 3.05) is 19.7 Å². The number of ether oxygens (including phenoxy) is 1. The number of thiazole rings is 1. The van der Waals surface area contributed by atoms with Crippen molar-refractivity contribution >= 4 is 17.2 Å². The normalized spacial score (nSPS) is 20.6. The van der Waals surface area contributed by atoms with Crippen LogP contribution in [0.15, 0.2) is 11.7 Å². The van der Waals surface area contributed by atoms with Gasteiger partial charge in [-0.05, 0) is 0 Å². The highest BCUT2D eigenvalue weighted by atomic mass is 32.1. The zero-order valence-electron chi connectivity index (χ0n) is 8.94. The number of carbonyl (C=O) groups is 1. The molecular formula is C10H15N3O2S. The number of morpholine rings is 1. The van der Waals surface area contributed by atoms with Gasteiger partial charge in [-0.15, -0.1) is 11.3 Å². The van der Waals surface area contributed by atoms with Gasteiger partial charge in [-0.1, -0.05) is 0 Å². The zero-order chi connectivity index (χ0) is 11.2. The Morgan fingerprint density at radius 3 is 3.38 bits per heavy atom. The van der Waals surface area contributed by atoms with E-state index in [9.17, 15) is 4.79 Å². The van der Waals surface area contributed by atoms with Crippen LogP contribution in [0.3, 0.4) is 0 Å². The van der Waals surface area contributed by atoms with Crippen molar-refractivity contribution in [1.29, 1.82) is 0 Å². The number of hydrogen-bond donors (Lipinski definition) is 2. The molecule has 2 N–H and O–H groups in total. The number of aromatic nitrogens is 1. The molecule has 1 amide bonds. The number of carbonyl (C=O) groups excluding carboxylic acids is 1. The SMILES string of the molecule is O=C(CC1CNCCO1)NCc1cncs1. The maximum atomic E-state index is 11.6. The monoisotopic (exact) mass is 241 g/mol. The van der Waals surface area contributed by atoms with Crippen molar-refractivity contribution in [2.45, 2.75) is 19.1 Å². The van der Waals surface area contributed by atoms with Crippen molar-refractivity contribution in [2.24, 2.45) is 0 Å². The molecule has 0 radical (unpaired) electrons. The van der Waals surface area contributed by atoms with Gasteiger partial charge in [0.2, 0.25) is 5.91 Å². The van der Waals surface area contributed by atoms with Crippen LogP contribution < -0.4 is 10.6 Å². The number of nitrogens with one attached hydrogen (secondary N) is 2. The predicted octanol–water partition coefficient (Wildman–Crippen LogP) is 0.138. The summed E-state index contributed by atoms with van der Waals surface area (Å²) in [6, 6.07) is 0. The molecule has 1 aliphatic rings. The van der Waals surface area contributed by atoms with Gasteiger partial charge in [0, 0.05) is 24.2 Å². The Morgan fingerprint density at radius 2 is 2.69 bits per heavy atom. The van der Waals surface area contributed by atoms with Gasteiger partial charge in [0.1, 0.15) is 0 Å². The molecule has 1 aromatic heterocycles. The Morgan fingerprint density at radius 1 is 1.75 bits per heavy atom. The highest BCUT2D eigenvalue weighted by Crippen LogP contribution is 2.05. The summed E-state index contributed by atoms with van der Waals surface area (Å²) >= 11 is 1.54. The third-order valence-electron chi connectivity index (χ3n) is 2.36. The van der Waals surface area contributed by atoms with Crippen LogP contribution in [-0.2, 0) is 16.1 Å². The lowest BCUT2D eigenvalue weighted by Gasteiger charge is -2.22. The molecular weight excluding hydrogens is 226 g/mol. The summed E-state index contributed by atoms with van der Waals surface area (Å²) < 4.78 is 5.45. The molecule has 1 aromatic rings. The molecule has 6 heteroatoms. The molecule has 0 spiro atoms. The average molecular weight is 241 g/mol. The molecule has 1 saturated heterocycles. The highest BCUT2D eigenvalue weighted by molar-refractivity contribution is 7.09. The predicted molar refractivity (Wildman–Crippen MR) is 61.2 cm³/mol. The molecule has 0 saturated carbocycles. The highest BCUT2D eigenvalue weighted by Gasteiger charge is 2.16. The number of amides is 1. The minimum atomic E-state index is 0.00945. The molecule has 2 heterocycles. The second-order valence-corrected chi connectivity index (χ2v) is 4.62. The Kier molecular flexibility index (Phi) is 4.26. The van der Waals surface area contributed by atoms with Gasteiger partial charge < -0.3 is 15.4 Å². The third kappa shape index (κ3) is 3.55. The summed E-state index contributed by atoms with van der Waals surface area (Å²) in [4.78, 5) is 16.6. The number of nitrogens with zero attached hydrogens (tertiary/aromatic N) is 1. The van der Waals surface area contributed by atoms with Crippen molar-refractivity contribution in [3.8, 4) is 0 Å². The van der Waals surface area contributed by atoms with Crippen LogP contribution in [0, 0.1) is 0 Å². The summed E-state index contributed by atoms with van der Waals surface area (Å²) in [5, 5.41) is 6.05. The summed E-state index contributed by atoms with van der Waals surface area (Å²) in [5.41, 5.74) is 1.76. The lowest BCUT2D eigenvalue weighted by Crippen LogP contribution is -2.41. The molecule has 1 fully saturated rings. The maximum absolute atomic E-state index is 11.6. The van der Waals surface area contributed by atoms with Crippen LogP contribution in [-0.4, -0.2) is 36.7 Å². The first kappa shape index (κ1) is 11.5. The lowest BCUT2D eigenvalue weighted by molar-refractivity contribution is -0.124. The molecule has 0 aromatic carbocycles. The van der Waals surface area contributed by atoms with Crippen molar-refractivity contribution in [3.05, 3.63) is 16.6 Å². The quantitative estimate of drug-likeness (QED) is 0.787. The molecule has 1 aliphatic heterocycles. The van der Waals surface area contributed by atoms with Gasteiger partial charge in [0.15, 0.2) is 0 Å². The summed E-state index contributed by atoms with van der Waals surface area (Å²) in [6.45, 7) is 2.88. The Bertz CT molecular complexity index is 323. The van der Waals surface area contributed by atoms with Crippen LogP contribution in [0.2, 0.25) is 0 Å². The van der Waals surface area contributed by atoms with Crippen molar-refractivity contribution < 1.29 is 9.53 Å². The fraction of sp³-hybridized carbons (Fsp3) is 0.600. The standard InChI is InChI=1S/C10H15N3O2S/c14-10(3-8-4-11-1-2-15-8)13-6-9-5-12-7-16-9/h5,7-8,11H,1-4,6H2,(H,13,14). The Hall–Kier alpha value is -0.980. The molecule has 16 heavy (non-hydrogen) atoms. The van der Waals surface area contributed by atoms with E-state index in [1.54, 1.807) is 23.0 Å². The lowest BCUT2D eigenvalue weighted by atomic mass is 10.2. The summed E-state index contributed by atoms with van der Waals surface area (Å²) in [7, 11) is 0. The second-order valence-electron chi connectivity index (χ2n) is 3.65. The summed E-state index contributed by atoms with van der Waals surface area (Å²) in [5.74, 6) is 0.0297. The van der Waals surface area contributed by atoms with Crippen LogP contribution in [0.4, 0.5) is 0 Å². The third-order valence-corrected chi connectivity index (χ3v) is 3.14. The van der Waals surface area contributed by atoms with E-state index in [-0.39, 0.29) is 12.0 Å². The van der Waals surface area contributed by atoms with Gasteiger partial charge in [-0.25, -0.2) is 0 Å². The van der Waals surface area contributed by atoms with Crippen LogP contribution >= 0.6 is 11.3 Å². The van der Waals surface area contributed by atoms with Gasteiger partial charge >= 0.3 is 0 Å². The van der Waals surface area contributed by atoms with E-state index in [2.05, 4.69) is 15.6 Å². The molecule has 1 unspecified atom stereocenters. The van der Waals surface area contributed by atoms with E-state index < -0.39 is 0 Å². The van der Waals surface area contributed by atoms with E-state index >= 15 is 0 Å². The van der Waals surface area contributed by atoms with Crippen LogP contribution in [0.25, 0.3) is 0 Å². The van der Waals surface area contributed by atoms with Crippen molar-refractivity contribution in [3.63, 3.8) is 0 Å². The minimum Gasteiger partial charge on any atom is -0.375 e. The van der Waals surface area contributed by atoms with Gasteiger partial charge in [-0.2, -0.15) is 0 Å². The maximum Gasteiger partial charge on any atom is 0.222 e. The Balaban J connectivity index is 1.67. The molecule has 1 atom stereocenters. The fourth-order valence-electron chi connectivity index (χ4n) is 1.54. The van der Waals surface area contributed by atoms with Gasteiger partial charge in [0.25, 0.3) is 0 Å². The largest absolute Gasteiger partial charge is 0.375 e. The molecule has 5 nitrogen and oxygen atoms in total. The topological polar surface area (TPSA) is 63.2 Å². The summed E-state index contributed by atoms with van der Waals surface area (Å²) in [6.07, 6.45) is 2.20. The molecule has 88 valence electrons. The van der Waals surface area contributed by atoms with Gasteiger partial charge in [-0.3, -0.25) is 9.78 Å².